The van der Waals surface area contributed by atoms with E-state index in [4.69, 9.17) is 0 Å². The normalized spacial score (nSPS) is 11.5. The highest BCUT2D eigenvalue weighted by Gasteiger charge is 2.37. The maximum Gasteiger partial charge on any atom is 0.453 e. The molecule has 112 valence electrons. The average Bonchev–Trinajstić information content (AvgIpc) is 2.74. The number of aryl methyl sites for hydroxylation is 2. The molecule has 1 N–H and O–H groups in total. The minimum Gasteiger partial charge on any atom is -0.319 e. The van der Waals surface area contributed by atoms with Crippen molar-refractivity contribution in [2.45, 2.75) is 6.18 Å². The number of carbonyl (C=O) groups is 1. The summed E-state index contributed by atoms with van der Waals surface area (Å²) in [5.41, 5.74) is -0.411. The molecule has 2 aromatic rings. The Balaban J connectivity index is 2.25. The third-order valence-electron chi connectivity index (χ3n) is 2.61. The van der Waals surface area contributed by atoms with Crippen LogP contribution in [0.5, 0.6) is 0 Å². The maximum absolute atomic E-state index is 12.4. The van der Waals surface area contributed by atoms with Crippen molar-refractivity contribution in [3.05, 3.63) is 40.1 Å². The topological polar surface area (TPSA) is 81.8 Å². The highest BCUT2D eigenvalue weighted by atomic mass is 19.4. The molecule has 0 radical (unpaired) electrons. The Morgan fingerprint density at radius 3 is 2.52 bits per heavy atom. The first kappa shape index (κ1) is 14.8. The third-order valence-corrected chi connectivity index (χ3v) is 2.61. The fraction of sp³-hybridized carbons (Fsp3) is 0.273. The summed E-state index contributed by atoms with van der Waals surface area (Å²) in [6.45, 7) is 0. The molecule has 0 bridgehead atoms. The number of pyridine rings is 1. The third kappa shape index (κ3) is 3.09. The van der Waals surface area contributed by atoms with E-state index in [1.165, 1.54) is 30.9 Å². The number of carbonyl (C=O) groups excluding carboxylic acids is 1. The molecule has 2 rings (SSSR count). The predicted molar refractivity (Wildman–Crippen MR) is 65.6 cm³/mol. The summed E-state index contributed by atoms with van der Waals surface area (Å²) in [6.07, 6.45) is -3.33. The Morgan fingerprint density at radius 1 is 1.33 bits per heavy atom. The zero-order valence-electron chi connectivity index (χ0n) is 11.0. The van der Waals surface area contributed by atoms with Crippen molar-refractivity contribution in [3.8, 4) is 0 Å². The molecule has 1 amide bonds. The molecular weight excluding hydrogens is 291 g/mol. The predicted octanol–water partition coefficient (Wildman–Crippen LogP) is 0.785. The van der Waals surface area contributed by atoms with Crippen LogP contribution < -0.4 is 10.9 Å². The van der Waals surface area contributed by atoms with Gasteiger partial charge < -0.3 is 4.57 Å². The van der Waals surface area contributed by atoms with Gasteiger partial charge in [-0.3, -0.25) is 14.9 Å². The summed E-state index contributed by atoms with van der Waals surface area (Å²) < 4.78 is 39.4. The van der Waals surface area contributed by atoms with Gasteiger partial charge in [0.05, 0.1) is 0 Å². The minimum atomic E-state index is -4.70. The van der Waals surface area contributed by atoms with Crippen LogP contribution in [0.1, 0.15) is 16.2 Å². The van der Waals surface area contributed by atoms with Crippen molar-refractivity contribution in [1.82, 2.24) is 19.3 Å². The second-order valence-corrected chi connectivity index (χ2v) is 4.20. The van der Waals surface area contributed by atoms with Gasteiger partial charge in [-0.1, -0.05) is 0 Å². The molecule has 2 heterocycles. The van der Waals surface area contributed by atoms with Gasteiger partial charge in [0.15, 0.2) is 0 Å². The number of halogens is 3. The van der Waals surface area contributed by atoms with Crippen LogP contribution in [0.2, 0.25) is 0 Å². The van der Waals surface area contributed by atoms with Gasteiger partial charge >= 0.3 is 6.18 Å². The Morgan fingerprint density at radius 2 is 2.00 bits per heavy atom. The second-order valence-electron chi connectivity index (χ2n) is 4.20. The number of hydrogen-bond donors (Lipinski definition) is 1. The van der Waals surface area contributed by atoms with Gasteiger partial charge in [-0.05, 0) is 6.07 Å². The van der Waals surface area contributed by atoms with Crippen molar-refractivity contribution in [1.29, 1.82) is 0 Å². The number of alkyl halides is 3. The molecule has 0 unspecified atom stereocenters. The van der Waals surface area contributed by atoms with Crippen molar-refractivity contribution in [2.75, 3.05) is 5.32 Å². The van der Waals surface area contributed by atoms with E-state index in [2.05, 4.69) is 15.4 Å². The van der Waals surface area contributed by atoms with Gasteiger partial charge in [0.1, 0.15) is 0 Å². The molecule has 2 aromatic heterocycles. The number of anilines is 1. The molecule has 7 nitrogen and oxygen atoms in total. The standard InChI is InChI=1S/C11H10F3N5O2/c1-18-4-3-6(5-7(18)20)8(21)15-10-16-9(11(12,13)14)17-19(10)2/h3-5H,1-2H3,(H,15,16,17,21). The number of rotatable bonds is 2. The summed E-state index contributed by atoms with van der Waals surface area (Å²) in [4.78, 5) is 26.5. The summed E-state index contributed by atoms with van der Waals surface area (Å²) >= 11 is 0. The average molecular weight is 301 g/mol. The van der Waals surface area contributed by atoms with E-state index >= 15 is 0 Å². The Labute approximate surface area is 116 Å². The molecule has 0 aromatic carbocycles. The van der Waals surface area contributed by atoms with Gasteiger partial charge in [0.25, 0.3) is 17.3 Å². The van der Waals surface area contributed by atoms with Gasteiger partial charge in [0, 0.05) is 31.9 Å². The quantitative estimate of drug-likeness (QED) is 0.889. The SMILES string of the molecule is Cn1nc(C(F)(F)F)nc1NC(=O)c1ccn(C)c(=O)c1. The second kappa shape index (κ2) is 5.04. The van der Waals surface area contributed by atoms with E-state index in [-0.39, 0.29) is 11.5 Å². The van der Waals surface area contributed by atoms with Crippen LogP contribution >= 0.6 is 0 Å². The van der Waals surface area contributed by atoms with E-state index in [1.54, 1.807) is 0 Å². The van der Waals surface area contributed by atoms with E-state index in [0.717, 1.165) is 10.7 Å². The van der Waals surface area contributed by atoms with E-state index in [0.29, 0.717) is 0 Å². The summed E-state index contributed by atoms with van der Waals surface area (Å²) in [7, 11) is 2.71. The van der Waals surface area contributed by atoms with Gasteiger partial charge in [-0.15, -0.1) is 5.10 Å². The maximum atomic E-state index is 12.4. The van der Waals surface area contributed by atoms with E-state index in [1.807, 2.05) is 0 Å². The Kier molecular flexibility index (Phi) is 3.54. The lowest BCUT2D eigenvalue weighted by Gasteiger charge is -2.04. The van der Waals surface area contributed by atoms with Crippen LogP contribution in [0.25, 0.3) is 0 Å². The number of nitrogens with one attached hydrogen (secondary N) is 1. The van der Waals surface area contributed by atoms with Gasteiger partial charge in [-0.25, -0.2) is 4.68 Å². The summed E-state index contributed by atoms with van der Waals surface area (Å²) in [5, 5.41) is 5.33. The van der Waals surface area contributed by atoms with Crippen molar-refractivity contribution in [3.63, 3.8) is 0 Å². The smallest absolute Gasteiger partial charge is 0.319 e. The molecule has 0 aliphatic carbocycles. The molecule has 0 aliphatic rings. The Hall–Kier alpha value is -2.65. The molecule has 0 saturated carbocycles. The fourth-order valence-corrected chi connectivity index (χ4v) is 1.48. The van der Waals surface area contributed by atoms with Crippen LogP contribution in [-0.4, -0.2) is 25.2 Å². The molecule has 0 fully saturated rings. The zero-order valence-corrected chi connectivity index (χ0v) is 11.0. The van der Waals surface area contributed by atoms with Crippen molar-refractivity contribution in [2.24, 2.45) is 14.1 Å². The molecule has 0 saturated heterocycles. The van der Waals surface area contributed by atoms with Crippen LogP contribution in [0.15, 0.2) is 23.1 Å². The number of aromatic nitrogens is 4. The van der Waals surface area contributed by atoms with Crippen molar-refractivity contribution < 1.29 is 18.0 Å². The van der Waals surface area contributed by atoms with Crippen LogP contribution in [0.3, 0.4) is 0 Å². The summed E-state index contributed by atoms with van der Waals surface area (Å²) in [5.74, 6) is -2.48. The first-order chi connectivity index (χ1) is 9.68. The lowest BCUT2D eigenvalue weighted by molar-refractivity contribution is -0.144. The number of amides is 1. The highest BCUT2D eigenvalue weighted by molar-refractivity contribution is 6.03. The Bertz CT molecular complexity index is 747. The molecule has 0 atom stereocenters. The van der Waals surface area contributed by atoms with Crippen LogP contribution in [0.4, 0.5) is 19.1 Å². The largest absolute Gasteiger partial charge is 0.453 e. The first-order valence-electron chi connectivity index (χ1n) is 5.65. The molecule has 10 heteroatoms. The van der Waals surface area contributed by atoms with E-state index < -0.39 is 23.5 Å². The molecular formula is C11H10F3N5O2. The van der Waals surface area contributed by atoms with Gasteiger partial charge in [-0.2, -0.15) is 18.2 Å². The lowest BCUT2D eigenvalue weighted by atomic mass is 10.2. The molecule has 0 spiro atoms. The minimum absolute atomic E-state index is 0.00894. The fourth-order valence-electron chi connectivity index (χ4n) is 1.48. The molecule has 0 aliphatic heterocycles. The van der Waals surface area contributed by atoms with Gasteiger partial charge in [0.2, 0.25) is 5.95 Å². The van der Waals surface area contributed by atoms with Crippen LogP contribution in [-0.2, 0) is 20.3 Å². The highest BCUT2D eigenvalue weighted by Crippen LogP contribution is 2.27. The summed E-state index contributed by atoms with van der Waals surface area (Å²) in [6, 6.07) is 2.42. The molecule has 21 heavy (non-hydrogen) atoms. The lowest BCUT2D eigenvalue weighted by Crippen LogP contribution is -2.21. The first-order valence-corrected chi connectivity index (χ1v) is 5.65. The van der Waals surface area contributed by atoms with Crippen molar-refractivity contribution >= 4 is 11.9 Å². The monoisotopic (exact) mass is 301 g/mol. The number of nitrogens with zero attached hydrogens (tertiary/aromatic N) is 4. The zero-order chi connectivity index (χ0) is 15.8. The van der Waals surface area contributed by atoms with Crippen LogP contribution in [0, 0.1) is 0 Å². The number of hydrogen-bond acceptors (Lipinski definition) is 4. The van der Waals surface area contributed by atoms with E-state index in [9.17, 15) is 22.8 Å².